The lowest BCUT2D eigenvalue weighted by Gasteiger charge is -2.15. The fraction of sp³-hybridized carbons (Fsp3) is 0.333. The zero-order valence-corrected chi connectivity index (χ0v) is 12.1. The van der Waals surface area contributed by atoms with Crippen molar-refractivity contribution in [3.8, 4) is 5.75 Å². The van der Waals surface area contributed by atoms with Crippen LogP contribution in [0.3, 0.4) is 0 Å². The Bertz CT molecular complexity index is 567. The molecule has 0 aliphatic rings. The van der Waals surface area contributed by atoms with E-state index in [0.717, 1.165) is 22.8 Å². The predicted octanol–water partition coefficient (Wildman–Crippen LogP) is 3.32. The van der Waals surface area contributed by atoms with Crippen LogP contribution in [-0.4, -0.2) is 16.6 Å². The Morgan fingerprint density at radius 1 is 1.20 bits per heavy atom. The number of benzene rings is 1. The zero-order valence-electron chi connectivity index (χ0n) is 12.1. The second-order valence-corrected chi connectivity index (χ2v) is 4.76. The lowest BCUT2D eigenvalue weighted by atomic mass is 10.0. The number of nitrogens with zero attached hydrogens (tertiary/aromatic N) is 2. The number of aromatic nitrogens is 2. The van der Waals surface area contributed by atoms with Gasteiger partial charge in [0.15, 0.2) is 0 Å². The summed E-state index contributed by atoms with van der Waals surface area (Å²) in [5.41, 5.74) is 7.80. The second kappa shape index (κ2) is 6.23. The highest BCUT2D eigenvalue weighted by atomic mass is 16.5. The molecule has 0 saturated carbocycles. The van der Waals surface area contributed by atoms with E-state index >= 15 is 0 Å². The van der Waals surface area contributed by atoms with Crippen LogP contribution in [0, 0.1) is 0 Å². The molecule has 0 aliphatic heterocycles. The normalized spacial score (nSPS) is 10.6. The summed E-state index contributed by atoms with van der Waals surface area (Å²) in [5.74, 6) is 2.37. The van der Waals surface area contributed by atoms with Crippen LogP contribution in [0.2, 0.25) is 0 Å². The Morgan fingerprint density at radius 2 is 1.90 bits per heavy atom. The molecule has 0 amide bonds. The molecule has 0 spiro atoms. The minimum atomic E-state index is 0.251. The standard InChI is InChI=1S/C15H20N4O/c1-4-20-12-7-5-11(6-8-12)19-15-13(10(2)3)14(16)17-9-18-15/h5-10H,4H2,1-3H3,(H3,16,17,18,19). The first kappa shape index (κ1) is 14.1. The van der Waals surface area contributed by atoms with Gasteiger partial charge in [-0.05, 0) is 37.1 Å². The van der Waals surface area contributed by atoms with Crippen LogP contribution in [0.25, 0.3) is 0 Å². The van der Waals surface area contributed by atoms with Crippen molar-refractivity contribution in [2.24, 2.45) is 0 Å². The lowest BCUT2D eigenvalue weighted by molar-refractivity contribution is 0.340. The third kappa shape index (κ3) is 3.17. The molecule has 2 aromatic rings. The van der Waals surface area contributed by atoms with Gasteiger partial charge in [-0.15, -0.1) is 0 Å². The van der Waals surface area contributed by atoms with Gasteiger partial charge >= 0.3 is 0 Å². The molecule has 0 fully saturated rings. The van der Waals surface area contributed by atoms with Gasteiger partial charge < -0.3 is 15.8 Å². The van der Waals surface area contributed by atoms with E-state index in [4.69, 9.17) is 10.5 Å². The van der Waals surface area contributed by atoms with E-state index in [9.17, 15) is 0 Å². The molecule has 0 unspecified atom stereocenters. The van der Waals surface area contributed by atoms with Crippen molar-refractivity contribution in [2.45, 2.75) is 26.7 Å². The number of rotatable bonds is 5. The first-order valence-corrected chi connectivity index (χ1v) is 6.72. The van der Waals surface area contributed by atoms with Gasteiger partial charge in [0.1, 0.15) is 23.7 Å². The van der Waals surface area contributed by atoms with Gasteiger partial charge in [-0.1, -0.05) is 13.8 Å². The molecule has 5 heteroatoms. The molecule has 106 valence electrons. The monoisotopic (exact) mass is 272 g/mol. The van der Waals surface area contributed by atoms with E-state index in [2.05, 4.69) is 29.1 Å². The molecule has 5 nitrogen and oxygen atoms in total. The first-order chi connectivity index (χ1) is 9.61. The molecule has 3 N–H and O–H groups in total. The Balaban J connectivity index is 2.23. The summed E-state index contributed by atoms with van der Waals surface area (Å²) in [7, 11) is 0. The molecule has 0 radical (unpaired) electrons. The summed E-state index contributed by atoms with van der Waals surface area (Å²) in [5, 5.41) is 3.28. The van der Waals surface area contributed by atoms with Gasteiger partial charge in [0.2, 0.25) is 0 Å². The number of nitrogen functional groups attached to an aromatic ring is 1. The van der Waals surface area contributed by atoms with Gasteiger partial charge in [-0.2, -0.15) is 0 Å². The van der Waals surface area contributed by atoms with Gasteiger partial charge in [0.05, 0.1) is 6.61 Å². The number of ether oxygens (including phenoxy) is 1. The van der Waals surface area contributed by atoms with Crippen molar-refractivity contribution in [3.63, 3.8) is 0 Å². The van der Waals surface area contributed by atoms with Gasteiger partial charge in [0, 0.05) is 11.3 Å². The highest BCUT2D eigenvalue weighted by molar-refractivity contribution is 5.65. The molecular formula is C15H20N4O. The summed E-state index contributed by atoms with van der Waals surface area (Å²) in [6.07, 6.45) is 1.47. The second-order valence-electron chi connectivity index (χ2n) is 4.76. The van der Waals surface area contributed by atoms with Gasteiger partial charge in [0.25, 0.3) is 0 Å². The van der Waals surface area contributed by atoms with Crippen molar-refractivity contribution in [3.05, 3.63) is 36.2 Å². The molecule has 0 aliphatic carbocycles. The largest absolute Gasteiger partial charge is 0.494 e. The summed E-state index contributed by atoms with van der Waals surface area (Å²) in [6, 6.07) is 7.75. The number of hydrogen-bond donors (Lipinski definition) is 2. The quantitative estimate of drug-likeness (QED) is 0.873. The number of nitrogens with two attached hydrogens (primary N) is 1. The van der Waals surface area contributed by atoms with Crippen molar-refractivity contribution < 1.29 is 4.74 Å². The van der Waals surface area contributed by atoms with Gasteiger partial charge in [-0.3, -0.25) is 0 Å². The maximum atomic E-state index is 5.93. The minimum absolute atomic E-state index is 0.251. The van der Waals surface area contributed by atoms with E-state index < -0.39 is 0 Å². The Morgan fingerprint density at radius 3 is 2.50 bits per heavy atom. The first-order valence-electron chi connectivity index (χ1n) is 6.72. The van der Waals surface area contributed by atoms with Crippen LogP contribution in [0.15, 0.2) is 30.6 Å². The molecule has 2 rings (SSSR count). The minimum Gasteiger partial charge on any atom is -0.494 e. The fourth-order valence-corrected chi connectivity index (χ4v) is 2.02. The molecule has 1 aromatic carbocycles. The number of anilines is 3. The average molecular weight is 272 g/mol. The predicted molar refractivity (Wildman–Crippen MR) is 81.4 cm³/mol. The molecule has 0 bridgehead atoms. The van der Waals surface area contributed by atoms with Crippen molar-refractivity contribution in [2.75, 3.05) is 17.7 Å². The van der Waals surface area contributed by atoms with Crippen LogP contribution in [-0.2, 0) is 0 Å². The molecule has 1 aromatic heterocycles. The zero-order chi connectivity index (χ0) is 14.5. The smallest absolute Gasteiger partial charge is 0.139 e. The van der Waals surface area contributed by atoms with Crippen LogP contribution in [0.1, 0.15) is 32.3 Å². The maximum Gasteiger partial charge on any atom is 0.139 e. The topological polar surface area (TPSA) is 73.1 Å². The molecular weight excluding hydrogens is 252 g/mol. The van der Waals surface area contributed by atoms with Crippen molar-refractivity contribution in [1.82, 2.24) is 9.97 Å². The molecule has 20 heavy (non-hydrogen) atoms. The van der Waals surface area contributed by atoms with E-state index in [0.29, 0.717) is 12.4 Å². The van der Waals surface area contributed by atoms with Crippen molar-refractivity contribution >= 4 is 17.3 Å². The number of nitrogens with one attached hydrogen (secondary N) is 1. The lowest BCUT2D eigenvalue weighted by Crippen LogP contribution is -2.06. The van der Waals surface area contributed by atoms with Crippen molar-refractivity contribution in [1.29, 1.82) is 0 Å². The van der Waals surface area contributed by atoms with E-state index in [1.165, 1.54) is 6.33 Å². The van der Waals surface area contributed by atoms with Gasteiger partial charge in [-0.25, -0.2) is 9.97 Å². The number of hydrogen-bond acceptors (Lipinski definition) is 5. The van der Waals surface area contributed by atoms with Crippen LogP contribution >= 0.6 is 0 Å². The average Bonchev–Trinajstić information content (AvgIpc) is 2.41. The summed E-state index contributed by atoms with van der Waals surface area (Å²) in [4.78, 5) is 8.33. The SMILES string of the molecule is CCOc1ccc(Nc2ncnc(N)c2C(C)C)cc1. The van der Waals surface area contributed by atoms with E-state index in [1.807, 2.05) is 31.2 Å². The van der Waals surface area contributed by atoms with Crippen LogP contribution in [0.5, 0.6) is 5.75 Å². The summed E-state index contributed by atoms with van der Waals surface area (Å²) < 4.78 is 5.42. The highest BCUT2D eigenvalue weighted by Gasteiger charge is 2.12. The third-order valence-corrected chi connectivity index (χ3v) is 2.92. The highest BCUT2D eigenvalue weighted by Crippen LogP contribution is 2.29. The van der Waals surface area contributed by atoms with E-state index in [1.54, 1.807) is 0 Å². The fourth-order valence-electron chi connectivity index (χ4n) is 2.02. The molecule has 1 heterocycles. The molecule has 0 saturated heterocycles. The summed E-state index contributed by atoms with van der Waals surface area (Å²) >= 11 is 0. The molecule has 0 atom stereocenters. The third-order valence-electron chi connectivity index (χ3n) is 2.92. The summed E-state index contributed by atoms with van der Waals surface area (Å²) in [6.45, 7) is 6.76. The maximum absolute atomic E-state index is 5.93. The Labute approximate surface area is 119 Å². The van der Waals surface area contributed by atoms with Crippen LogP contribution < -0.4 is 15.8 Å². The Kier molecular flexibility index (Phi) is 4.40. The van der Waals surface area contributed by atoms with E-state index in [-0.39, 0.29) is 5.92 Å². The Hall–Kier alpha value is -2.30. The van der Waals surface area contributed by atoms with Crippen LogP contribution in [0.4, 0.5) is 17.3 Å².